The number of hydrogen-bond donors (Lipinski definition) is 1. The van der Waals surface area contributed by atoms with Crippen LogP contribution >= 0.6 is 11.6 Å². The maximum Gasteiger partial charge on any atom is 0.261 e. The Hall–Kier alpha value is -2.79. The number of fused-ring (bicyclic) bond motifs is 2. The zero-order valence-electron chi connectivity index (χ0n) is 12.6. The van der Waals surface area contributed by atoms with Crippen LogP contribution in [0.25, 0.3) is 10.9 Å². The number of H-pyrrole nitrogens is 1. The van der Waals surface area contributed by atoms with E-state index < -0.39 is 0 Å². The average Bonchev–Trinajstić information content (AvgIpc) is 3.09. The molecule has 0 aliphatic carbocycles. The Labute approximate surface area is 142 Å². The molecular formula is C18H13ClN2O3. The van der Waals surface area contributed by atoms with Crippen molar-refractivity contribution in [3.8, 4) is 5.75 Å². The molecule has 0 fully saturated rings. The molecule has 0 bridgehead atoms. The molecule has 1 aliphatic rings. The number of halogens is 1. The molecule has 24 heavy (non-hydrogen) atoms. The minimum absolute atomic E-state index is 0.185. The number of ether oxygens (including phenoxy) is 1. The van der Waals surface area contributed by atoms with E-state index >= 15 is 0 Å². The minimum atomic E-state index is -0.280. The predicted molar refractivity (Wildman–Crippen MR) is 90.6 cm³/mol. The molecule has 2 amide bonds. The summed E-state index contributed by atoms with van der Waals surface area (Å²) < 4.78 is 5.77. The summed E-state index contributed by atoms with van der Waals surface area (Å²) in [6, 6.07) is 12.4. The molecule has 4 rings (SSSR count). The molecule has 6 heteroatoms. The Morgan fingerprint density at radius 2 is 1.71 bits per heavy atom. The number of aromatic nitrogens is 1. The zero-order valence-corrected chi connectivity index (χ0v) is 13.3. The van der Waals surface area contributed by atoms with Crippen LogP contribution in [0.2, 0.25) is 5.02 Å². The molecule has 2 aromatic carbocycles. The van der Waals surface area contributed by atoms with E-state index in [1.807, 2.05) is 18.2 Å². The van der Waals surface area contributed by atoms with Gasteiger partial charge in [-0.05, 0) is 24.3 Å². The van der Waals surface area contributed by atoms with Crippen LogP contribution in [0, 0.1) is 0 Å². The van der Waals surface area contributed by atoms with Gasteiger partial charge in [0.1, 0.15) is 12.4 Å². The van der Waals surface area contributed by atoms with Gasteiger partial charge in [-0.1, -0.05) is 29.8 Å². The predicted octanol–water partition coefficient (Wildman–Crippen LogP) is 3.50. The van der Waals surface area contributed by atoms with Crippen molar-refractivity contribution < 1.29 is 14.3 Å². The number of carbonyl (C=O) groups excluding carboxylic acids is 2. The van der Waals surface area contributed by atoms with Gasteiger partial charge in [0.15, 0.2) is 0 Å². The second kappa shape index (κ2) is 5.69. The molecule has 0 saturated heterocycles. The first-order valence-electron chi connectivity index (χ1n) is 7.50. The van der Waals surface area contributed by atoms with Crippen molar-refractivity contribution in [2.45, 2.75) is 0 Å². The SMILES string of the molecule is O=C1c2ccccc2C(=O)N1CCOc1cccc2[nH]cc(Cl)c12. The Balaban J connectivity index is 1.49. The first-order chi connectivity index (χ1) is 11.7. The lowest BCUT2D eigenvalue weighted by Gasteiger charge is -2.15. The summed E-state index contributed by atoms with van der Waals surface area (Å²) in [4.78, 5) is 28.9. The van der Waals surface area contributed by atoms with E-state index in [0.29, 0.717) is 21.9 Å². The highest BCUT2D eigenvalue weighted by atomic mass is 35.5. The monoisotopic (exact) mass is 340 g/mol. The number of nitrogens with zero attached hydrogens (tertiary/aromatic N) is 1. The lowest BCUT2D eigenvalue weighted by Crippen LogP contribution is -2.33. The highest BCUT2D eigenvalue weighted by Crippen LogP contribution is 2.32. The van der Waals surface area contributed by atoms with Crippen molar-refractivity contribution in [2.75, 3.05) is 13.2 Å². The first-order valence-corrected chi connectivity index (χ1v) is 7.88. The molecule has 0 radical (unpaired) electrons. The third-order valence-electron chi connectivity index (χ3n) is 4.07. The van der Waals surface area contributed by atoms with Crippen molar-refractivity contribution >= 4 is 34.3 Å². The Bertz CT molecular complexity index is 929. The number of carbonyl (C=O) groups is 2. The van der Waals surface area contributed by atoms with Crippen LogP contribution in [0.5, 0.6) is 5.75 Å². The highest BCUT2D eigenvalue weighted by Gasteiger charge is 2.34. The number of nitrogens with one attached hydrogen (secondary N) is 1. The number of benzene rings is 2. The molecule has 0 atom stereocenters. The molecule has 1 N–H and O–H groups in total. The van der Waals surface area contributed by atoms with Crippen LogP contribution in [0.1, 0.15) is 20.7 Å². The van der Waals surface area contributed by atoms with E-state index in [2.05, 4.69) is 4.98 Å². The van der Waals surface area contributed by atoms with Crippen LogP contribution in [-0.4, -0.2) is 34.8 Å². The lowest BCUT2D eigenvalue weighted by atomic mass is 10.1. The van der Waals surface area contributed by atoms with Gasteiger partial charge >= 0.3 is 0 Å². The Kier molecular flexibility index (Phi) is 3.50. The average molecular weight is 341 g/mol. The minimum Gasteiger partial charge on any atom is -0.491 e. The highest BCUT2D eigenvalue weighted by molar-refractivity contribution is 6.36. The largest absolute Gasteiger partial charge is 0.491 e. The van der Waals surface area contributed by atoms with Crippen LogP contribution in [0.15, 0.2) is 48.7 Å². The number of hydrogen-bond acceptors (Lipinski definition) is 3. The molecule has 0 saturated carbocycles. The molecule has 1 aliphatic heterocycles. The number of amides is 2. The topological polar surface area (TPSA) is 62.4 Å². The summed E-state index contributed by atoms with van der Waals surface area (Å²) in [7, 11) is 0. The van der Waals surface area contributed by atoms with Crippen molar-refractivity contribution in [1.29, 1.82) is 0 Å². The Morgan fingerprint density at radius 1 is 1.00 bits per heavy atom. The van der Waals surface area contributed by atoms with Crippen LogP contribution in [-0.2, 0) is 0 Å². The van der Waals surface area contributed by atoms with E-state index in [0.717, 1.165) is 10.9 Å². The summed E-state index contributed by atoms with van der Waals surface area (Å²) in [6.07, 6.45) is 1.70. The lowest BCUT2D eigenvalue weighted by molar-refractivity contribution is 0.0632. The van der Waals surface area contributed by atoms with E-state index in [9.17, 15) is 9.59 Å². The summed E-state index contributed by atoms with van der Waals surface area (Å²) in [6.45, 7) is 0.386. The van der Waals surface area contributed by atoms with Crippen molar-refractivity contribution in [3.05, 3.63) is 64.8 Å². The summed E-state index contributed by atoms with van der Waals surface area (Å²) >= 11 is 6.16. The fourth-order valence-electron chi connectivity index (χ4n) is 2.92. The van der Waals surface area contributed by atoms with E-state index in [-0.39, 0.29) is 25.0 Å². The van der Waals surface area contributed by atoms with Crippen molar-refractivity contribution in [2.24, 2.45) is 0 Å². The van der Waals surface area contributed by atoms with Gasteiger partial charge in [-0.15, -0.1) is 0 Å². The molecular weight excluding hydrogens is 328 g/mol. The smallest absolute Gasteiger partial charge is 0.261 e. The first kappa shape index (κ1) is 14.8. The molecule has 3 aromatic rings. The second-order valence-electron chi connectivity index (χ2n) is 5.47. The van der Waals surface area contributed by atoms with Crippen molar-refractivity contribution in [3.63, 3.8) is 0 Å². The van der Waals surface area contributed by atoms with Gasteiger partial charge in [-0.3, -0.25) is 14.5 Å². The molecule has 2 heterocycles. The third kappa shape index (κ3) is 2.25. The zero-order chi connectivity index (χ0) is 16.7. The van der Waals surface area contributed by atoms with E-state index in [1.165, 1.54) is 4.90 Å². The van der Waals surface area contributed by atoms with E-state index in [1.54, 1.807) is 30.5 Å². The maximum atomic E-state index is 12.3. The molecule has 0 spiro atoms. The third-order valence-corrected chi connectivity index (χ3v) is 4.37. The van der Waals surface area contributed by atoms with Crippen molar-refractivity contribution in [1.82, 2.24) is 9.88 Å². The summed E-state index contributed by atoms with van der Waals surface area (Å²) in [5, 5.41) is 1.36. The van der Waals surface area contributed by atoms with Gasteiger partial charge < -0.3 is 9.72 Å². The second-order valence-corrected chi connectivity index (χ2v) is 5.88. The molecule has 5 nitrogen and oxygen atoms in total. The van der Waals surface area contributed by atoms with Crippen LogP contribution in [0.3, 0.4) is 0 Å². The quantitative estimate of drug-likeness (QED) is 0.739. The number of imide groups is 1. The number of aromatic amines is 1. The van der Waals surface area contributed by atoms with E-state index in [4.69, 9.17) is 16.3 Å². The van der Waals surface area contributed by atoms with Gasteiger partial charge in [0.25, 0.3) is 11.8 Å². The molecule has 1 aromatic heterocycles. The van der Waals surface area contributed by atoms with Gasteiger partial charge in [0, 0.05) is 6.20 Å². The molecule has 0 unspecified atom stereocenters. The van der Waals surface area contributed by atoms with Gasteiger partial charge in [0.2, 0.25) is 0 Å². The number of rotatable bonds is 4. The van der Waals surface area contributed by atoms with Gasteiger partial charge in [-0.25, -0.2) is 0 Å². The normalized spacial score (nSPS) is 13.6. The van der Waals surface area contributed by atoms with Gasteiger partial charge in [0.05, 0.1) is 33.6 Å². The maximum absolute atomic E-state index is 12.3. The fourth-order valence-corrected chi connectivity index (χ4v) is 3.17. The van der Waals surface area contributed by atoms with Gasteiger partial charge in [-0.2, -0.15) is 0 Å². The Morgan fingerprint density at radius 3 is 2.42 bits per heavy atom. The summed E-state index contributed by atoms with van der Waals surface area (Å²) in [5.74, 6) is 0.0598. The fraction of sp³-hybridized carbons (Fsp3) is 0.111. The standard InChI is InChI=1S/C18H13ClN2O3/c19-13-10-20-14-6-3-7-15(16(13)14)24-9-8-21-17(22)11-4-1-2-5-12(11)18(21)23/h1-7,10,20H,8-9H2. The van der Waals surface area contributed by atoms with Crippen LogP contribution in [0.4, 0.5) is 0 Å². The molecule has 120 valence electrons. The summed E-state index contributed by atoms with van der Waals surface area (Å²) in [5.41, 5.74) is 1.76. The van der Waals surface area contributed by atoms with Crippen LogP contribution < -0.4 is 4.74 Å².